The molecule has 1 saturated heterocycles. The summed E-state index contributed by atoms with van der Waals surface area (Å²) in [7, 11) is 0. The molecule has 4 aromatic rings. The zero-order valence-corrected chi connectivity index (χ0v) is 22.9. The summed E-state index contributed by atoms with van der Waals surface area (Å²) in [5.74, 6) is 0.633. The molecule has 198 valence electrons. The van der Waals surface area contributed by atoms with Crippen LogP contribution in [0.15, 0.2) is 102 Å². The predicted molar refractivity (Wildman–Crippen MR) is 154 cm³/mol. The number of amides is 1. The summed E-state index contributed by atoms with van der Waals surface area (Å²) in [4.78, 5) is 16.4. The van der Waals surface area contributed by atoms with Gasteiger partial charge in [-0.15, -0.1) is 0 Å². The van der Waals surface area contributed by atoms with Crippen LogP contribution in [0.3, 0.4) is 0 Å². The number of fused-ring (bicyclic) bond motifs is 1. The molecule has 0 spiro atoms. The normalized spacial score (nSPS) is 19.1. The monoisotopic (exact) mass is 558 g/mol. The summed E-state index contributed by atoms with van der Waals surface area (Å²) in [5.41, 5.74) is 2.21. The summed E-state index contributed by atoms with van der Waals surface area (Å²) in [6, 6.07) is 25.5. The topological polar surface area (TPSA) is 70.4 Å². The van der Waals surface area contributed by atoms with Crippen molar-refractivity contribution in [1.82, 2.24) is 14.7 Å². The second-order valence-corrected chi connectivity index (χ2v) is 10.9. The minimum atomic E-state index is -1.39. The number of halogens is 2. The summed E-state index contributed by atoms with van der Waals surface area (Å²) >= 11 is 12.7. The Morgan fingerprint density at radius 2 is 1.64 bits per heavy atom. The van der Waals surface area contributed by atoms with E-state index in [0.29, 0.717) is 28.6 Å². The molecule has 0 aliphatic carbocycles. The molecule has 1 aromatic heterocycles. The molecule has 0 radical (unpaired) electrons. The highest BCUT2D eigenvalue weighted by atomic mass is 35.5. The molecule has 2 aliphatic heterocycles. The highest BCUT2D eigenvalue weighted by Crippen LogP contribution is 2.44. The number of nitrogens with zero attached hydrogens (tertiary/aromatic N) is 3. The Balaban J connectivity index is 1.46. The SMILES string of the molecule is CC1=C(C(=O)N2CCCC2C(O)(c2ccccc2)c2ccccc2)C(c2ccc(Cl)c(Cl)c2)n2nccc2N1. The van der Waals surface area contributed by atoms with Gasteiger partial charge in [0.25, 0.3) is 5.91 Å². The van der Waals surface area contributed by atoms with Crippen LogP contribution in [-0.2, 0) is 10.4 Å². The molecule has 2 aliphatic rings. The number of allylic oxidation sites excluding steroid dienone is 1. The van der Waals surface area contributed by atoms with Gasteiger partial charge >= 0.3 is 0 Å². The van der Waals surface area contributed by atoms with E-state index >= 15 is 0 Å². The number of likely N-dealkylation sites (tertiary alicyclic amines) is 1. The van der Waals surface area contributed by atoms with Crippen LogP contribution in [0.25, 0.3) is 0 Å². The third-order valence-corrected chi connectivity index (χ3v) is 8.56. The molecular weight excluding hydrogens is 531 g/mol. The van der Waals surface area contributed by atoms with Crippen LogP contribution in [0.2, 0.25) is 10.0 Å². The number of nitrogens with one attached hydrogen (secondary N) is 1. The molecule has 0 bridgehead atoms. The lowest BCUT2D eigenvalue weighted by atomic mass is 9.78. The van der Waals surface area contributed by atoms with Crippen LogP contribution in [0.1, 0.15) is 42.5 Å². The Bertz CT molecular complexity index is 1510. The predicted octanol–water partition coefficient (Wildman–Crippen LogP) is 6.41. The van der Waals surface area contributed by atoms with Crippen molar-refractivity contribution < 1.29 is 9.90 Å². The van der Waals surface area contributed by atoms with Gasteiger partial charge in [-0.3, -0.25) is 4.79 Å². The Hall–Kier alpha value is -3.58. The maximum absolute atomic E-state index is 14.6. The van der Waals surface area contributed by atoms with Crippen LogP contribution in [0, 0.1) is 0 Å². The fraction of sp³-hybridized carbons (Fsp3) is 0.226. The molecule has 39 heavy (non-hydrogen) atoms. The molecule has 3 heterocycles. The van der Waals surface area contributed by atoms with Crippen molar-refractivity contribution in [3.8, 4) is 0 Å². The van der Waals surface area contributed by atoms with Crippen molar-refractivity contribution in [3.63, 3.8) is 0 Å². The van der Waals surface area contributed by atoms with E-state index in [2.05, 4.69) is 10.4 Å². The third-order valence-electron chi connectivity index (χ3n) is 7.82. The first-order chi connectivity index (χ1) is 18.9. The molecule has 8 heteroatoms. The summed E-state index contributed by atoms with van der Waals surface area (Å²) in [6.07, 6.45) is 3.15. The van der Waals surface area contributed by atoms with Gasteiger partial charge in [-0.05, 0) is 48.6 Å². The molecule has 2 atom stereocenters. The van der Waals surface area contributed by atoms with Crippen molar-refractivity contribution in [2.75, 3.05) is 11.9 Å². The minimum Gasteiger partial charge on any atom is -0.378 e. The number of hydrogen-bond donors (Lipinski definition) is 2. The zero-order valence-electron chi connectivity index (χ0n) is 21.4. The van der Waals surface area contributed by atoms with Crippen LogP contribution < -0.4 is 5.32 Å². The van der Waals surface area contributed by atoms with E-state index in [1.54, 1.807) is 23.0 Å². The first-order valence-electron chi connectivity index (χ1n) is 13.0. The van der Waals surface area contributed by atoms with Crippen LogP contribution in [0.4, 0.5) is 5.82 Å². The number of aliphatic hydroxyl groups is 1. The quantitative estimate of drug-likeness (QED) is 0.297. The van der Waals surface area contributed by atoms with Gasteiger partial charge in [-0.25, -0.2) is 4.68 Å². The van der Waals surface area contributed by atoms with Gasteiger partial charge in [0.1, 0.15) is 17.5 Å². The molecule has 1 fully saturated rings. The maximum Gasteiger partial charge on any atom is 0.254 e. The Morgan fingerprint density at radius 3 is 2.28 bits per heavy atom. The molecular formula is C31H28Cl2N4O2. The van der Waals surface area contributed by atoms with E-state index in [4.69, 9.17) is 23.2 Å². The Labute approximate surface area is 237 Å². The van der Waals surface area contributed by atoms with Crippen molar-refractivity contribution in [1.29, 1.82) is 0 Å². The third kappa shape index (κ3) is 4.33. The average molecular weight is 559 g/mol. The number of benzene rings is 3. The molecule has 0 saturated carbocycles. The van der Waals surface area contributed by atoms with E-state index in [9.17, 15) is 9.90 Å². The first-order valence-corrected chi connectivity index (χ1v) is 13.8. The number of aromatic nitrogens is 2. The lowest BCUT2D eigenvalue weighted by Gasteiger charge is -2.41. The number of hydrogen-bond acceptors (Lipinski definition) is 4. The molecule has 3 aromatic carbocycles. The van der Waals surface area contributed by atoms with Crippen LogP contribution in [-0.4, -0.2) is 38.3 Å². The van der Waals surface area contributed by atoms with Crippen molar-refractivity contribution in [2.45, 2.75) is 37.5 Å². The lowest BCUT2D eigenvalue weighted by Crippen LogP contribution is -2.51. The highest BCUT2D eigenvalue weighted by molar-refractivity contribution is 6.42. The van der Waals surface area contributed by atoms with Gasteiger partial charge in [0.15, 0.2) is 0 Å². The fourth-order valence-corrected chi connectivity index (χ4v) is 6.31. The highest BCUT2D eigenvalue weighted by Gasteiger charge is 2.49. The van der Waals surface area contributed by atoms with Gasteiger partial charge in [-0.1, -0.05) is 89.9 Å². The lowest BCUT2D eigenvalue weighted by molar-refractivity contribution is -0.133. The summed E-state index contributed by atoms with van der Waals surface area (Å²) < 4.78 is 1.80. The van der Waals surface area contributed by atoms with Gasteiger partial charge in [-0.2, -0.15) is 5.10 Å². The summed E-state index contributed by atoms with van der Waals surface area (Å²) in [5, 5.41) is 21.3. The van der Waals surface area contributed by atoms with Crippen molar-refractivity contribution in [3.05, 3.63) is 129 Å². The smallest absolute Gasteiger partial charge is 0.254 e. The van der Waals surface area contributed by atoms with Crippen molar-refractivity contribution in [2.24, 2.45) is 0 Å². The zero-order chi connectivity index (χ0) is 27.1. The van der Waals surface area contributed by atoms with Gasteiger partial charge in [0.2, 0.25) is 0 Å². The molecule has 6 rings (SSSR count). The van der Waals surface area contributed by atoms with Crippen LogP contribution >= 0.6 is 23.2 Å². The minimum absolute atomic E-state index is 0.148. The van der Waals surface area contributed by atoms with E-state index in [-0.39, 0.29) is 5.91 Å². The molecule has 2 unspecified atom stereocenters. The average Bonchev–Trinajstić information content (AvgIpc) is 3.64. The maximum atomic E-state index is 14.6. The Kier molecular flexibility index (Phi) is 6.71. The fourth-order valence-electron chi connectivity index (χ4n) is 6.01. The number of anilines is 1. The van der Waals surface area contributed by atoms with Crippen LogP contribution in [0.5, 0.6) is 0 Å². The largest absolute Gasteiger partial charge is 0.378 e. The second kappa shape index (κ2) is 10.2. The van der Waals surface area contributed by atoms with Gasteiger partial charge < -0.3 is 15.3 Å². The Morgan fingerprint density at radius 1 is 0.974 bits per heavy atom. The molecule has 2 N–H and O–H groups in total. The van der Waals surface area contributed by atoms with Gasteiger partial charge in [0.05, 0.1) is 27.9 Å². The van der Waals surface area contributed by atoms with E-state index in [0.717, 1.165) is 34.6 Å². The number of carbonyl (C=O) groups excluding carboxylic acids is 1. The molecule has 1 amide bonds. The molecule has 6 nitrogen and oxygen atoms in total. The number of rotatable bonds is 5. The van der Waals surface area contributed by atoms with Gasteiger partial charge in [0, 0.05) is 18.3 Å². The second-order valence-electron chi connectivity index (χ2n) is 10.1. The summed E-state index contributed by atoms with van der Waals surface area (Å²) in [6.45, 7) is 2.43. The van der Waals surface area contributed by atoms with Crippen molar-refractivity contribution >= 4 is 34.9 Å². The van der Waals surface area contributed by atoms with E-state index < -0.39 is 17.7 Å². The van der Waals surface area contributed by atoms with E-state index in [1.807, 2.05) is 84.6 Å². The standard InChI is InChI=1S/C31H28Cl2N4O2/c1-20-28(29(37-27(35-20)16-17-34-37)21-14-15-24(32)25(33)19-21)30(38)36-18-8-13-26(36)31(39,22-9-4-2-5-10-22)23-11-6-3-7-12-23/h2-7,9-12,14-17,19,26,29,35,39H,8,13,18H2,1H3. The number of carbonyl (C=O) groups is 1. The van der Waals surface area contributed by atoms with E-state index in [1.165, 1.54) is 0 Å². The first kappa shape index (κ1) is 25.7.